The number of carbonyl (C=O) groups excluding carboxylic acids is 1. The van der Waals surface area contributed by atoms with E-state index in [0.717, 1.165) is 15.6 Å². The SMILES string of the molecule is CC(C)N(C)S(=O)(=O)c1ccc(CNC(=O)Cn2ncc3ccccc3c2=O)cc1. The van der Waals surface area contributed by atoms with E-state index in [1.165, 1.54) is 23.5 Å². The van der Waals surface area contributed by atoms with Gasteiger partial charge in [0.2, 0.25) is 15.9 Å². The minimum Gasteiger partial charge on any atom is -0.350 e. The predicted octanol–water partition coefficient (Wildman–Crippen LogP) is 1.74. The van der Waals surface area contributed by atoms with Crippen LogP contribution in [0.2, 0.25) is 0 Å². The van der Waals surface area contributed by atoms with Crippen molar-refractivity contribution in [3.8, 4) is 0 Å². The van der Waals surface area contributed by atoms with Gasteiger partial charge in [0, 0.05) is 25.0 Å². The van der Waals surface area contributed by atoms with Gasteiger partial charge in [-0.05, 0) is 37.6 Å². The Kier molecular flexibility index (Phi) is 6.33. The standard InChI is InChI=1S/C21H24N4O4S/c1-15(2)24(3)30(28,29)18-10-8-16(9-11-18)12-22-20(26)14-25-21(27)19-7-5-4-6-17(19)13-23-25/h4-11,13,15H,12,14H2,1-3H3,(H,22,26). The molecule has 3 aromatic rings. The fourth-order valence-electron chi connectivity index (χ4n) is 2.86. The molecule has 0 aliphatic rings. The van der Waals surface area contributed by atoms with E-state index in [0.29, 0.717) is 5.39 Å². The average molecular weight is 429 g/mol. The minimum absolute atomic E-state index is 0.152. The fraction of sp³-hybridized carbons (Fsp3) is 0.286. The number of nitrogens with zero attached hydrogens (tertiary/aromatic N) is 3. The van der Waals surface area contributed by atoms with Gasteiger partial charge < -0.3 is 5.32 Å². The van der Waals surface area contributed by atoms with Crippen LogP contribution in [0.3, 0.4) is 0 Å². The van der Waals surface area contributed by atoms with Crippen LogP contribution in [0.1, 0.15) is 19.4 Å². The summed E-state index contributed by atoms with van der Waals surface area (Å²) in [5.74, 6) is -0.365. The molecule has 0 fully saturated rings. The molecule has 30 heavy (non-hydrogen) atoms. The third kappa shape index (κ3) is 4.58. The Hall–Kier alpha value is -3.04. The highest BCUT2D eigenvalue weighted by Crippen LogP contribution is 2.17. The number of benzene rings is 2. The van der Waals surface area contributed by atoms with Crippen LogP contribution in [0.25, 0.3) is 10.8 Å². The summed E-state index contributed by atoms with van der Waals surface area (Å²) in [6.45, 7) is 3.62. The number of amides is 1. The number of hydrogen-bond donors (Lipinski definition) is 1. The van der Waals surface area contributed by atoms with E-state index in [1.807, 2.05) is 6.07 Å². The second-order valence-corrected chi connectivity index (χ2v) is 9.23. The molecule has 1 aromatic heterocycles. The average Bonchev–Trinajstić information content (AvgIpc) is 2.74. The van der Waals surface area contributed by atoms with Gasteiger partial charge in [-0.25, -0.2) is 13.1 Å². The van der Waals surface area contributed by atoms with Crippen molar-refractivity contribution in [1.82, 2.24) is 19.4 Å². The van der Waals surface area contributed by atoms with Crippen LogP contribution in [0, 0.1) is 0 Å². The third-order valence-electron chi connectivity index (χ3n) is 4.87. The minimum atomic E-state index is -3.55. The number of hydrogen-bond acceptors (Lipinski definition) is 5. The Morgan fingerprint density at radius 2 is 1.80 bits per heavy atom. The first-order valence-corrected chi connectivity index (χ1v) is 10.9. The molecule has 0 unspecified atom stereocenters. The topological polar surface area (TPSA) is 101 Å². The van der Waals surface area contributed by atoms with Crippen molar-refractivity contribution in [3.05, 3.63) is 70.6 Å². The lowest BCUT2D eigenvalue weighted by Gasteiger charge is -2.21. The molecule has 9 heteroatoms. The molecule has 8 nitrogen and oxygen atoms in total. The molecule has 1 N–H and O–H groups in total. The van der Waals surface area contributed by atoms with Gasteiger partial charge in [0.1, 0.15) is 6.54 Å². The van der Waals surface area contributed by atoms with Gasteiger partial charge in [-0.15, -0.1) is 0 Å². The van der Waals surface area contributed by atoms with Crippen molar-refractivity contribution in [1.29, 1.82) is 0 Å². The summed E-state index contributed by atoms with van der Waals surface area (Å²) in [4.78, 5) is 24.9. The number of sulfonamides is 1. The highest BCUT2D eigenvalue weighted by Gasteiger charge is 2.22. The number of aromatic nitrogens is 2. The molecule has 3 rings (SSSR count). The zero-order chi connectivity index (χ0) is 21.9. The van der Waals surface area contributed by atoms with E-state index >= 15 is 0 Å². The first-order chi connectivity index (χ1) is 14.2. The smallest absolute Gasteiger partial charge is 0.275 e. The molecule has 2 aromatic carbocycles. The second kappa shape index (κ2) is 8.76. The van der Waals surface area contributed by atoms with E-state index in [-0.39, 0.29) is 35.5 Å². The summed E-state index contributed by atoms with van der Waals surface area (Å²) in [5.41, 5.74) is 0.417. The van der Waals surface area contributed by atoms with Crippen LogP contribution in [-0.4, -0.2) is 41.5 Å². The molecule has 0 radical (unpaired) electrons. The quantitative estimate of drug-likeness (QED) is 0.618. The van der Waals surface area contributed by atoms with Crippen LogP contribution >= 0.6 is 0 Å². The molecule has 0 aliphatic carbocycles. The lowest BCUT2D eigenvalue weighted by molar-refractivity contribution is -0.122. The second-order valence-electron chi connectivity index (χ2n) is 7.23. The first kappa shape index (κ1) is 21.7. The van der Waals surface area contributed by atoms with Gasteiger partial charge in [0.15, 0.2) is 0 Å². The van der Waals surface area contributed by atoms with E-state index in [4.69, 9.17) is 0 Å². The molecule has 0 bridgehead atoms. The van der Waals surface area contributed by atoms with Gasteiger partial charge >= 0.3 is 0 Å². The number of fused-ring (bicyclic) bond motifs is 1. The third-order valence-corrected chi connectivity index (χ3v) is 6.92. The summed E-state index contributed by atoms with van der Waals surface area (Å²) in [5, 5.41) is 7.99. The summed E-state index contributed by atoms with van der Waals surface area (Å²) in [6.07, 6.45) is 1.55. The number of nitrogens with one attached hydrogen (secondary N) is 1. The maximum absolute atomic E-state index is 12.5. The predicted molar refractivity (Wildman–Crippen MR) is 114 cm³/mol. The van der Waals surface area contributed by atoms with E-state index < -0.39 is 10.0 Å². The highest BCUT2D eigenvalue weighted by molar-refractivity contribution is 7.89. The maximum Gasteiger partial charge on any atom is 0.275 e. The molecular weight excluding hydrogens is 404 g/mol. The van der Waals surface area contributed by atoms with Crippen molar-refractivity contribution in [3.63, 3.8) is 0 Å². The van der Waals surface area contributed by atoms with Gasteiger partial charge in [-0.2, -0.15) is 9.40 Å². The van der Waals surface area contributed by atoms with Crippen molar-refractivity contribution in [2.45, 2.75) is 37.9 Å². The van der Waals surface area contributed by atoms with Crippen molar-refractivity contribution in [2.24, 2.45) is 0 Å². The zero-order valence-electron chi connectivity index (χ0n) is 17.1. The van der Waals surface area contributed by atoms with Crippen LogP contribution in [-0.2, 0) is 27.9 Å². The van der Waals surface area contributed by atoms with Crippen LogP contribution in [0.15, 0.2) is 64.4 Å². The summed E-state index contributed by atoms with van der Waals surface area (Å²) in [7, 11) is -2.01. The molecule has 158 valence electrons. The molecule has 0 saturated carbocycles. The Bertz CT molecular complexity index is 1220. The Labute approximate surface area is 175 Å². The zero-order valence-corrected chi connectivity index (χ0v) is 17.9. The summed E-state index contributed by atoms with van der Waals surface area (Å²) in [6, 6.07) is 13.3. The molecule has 0 spiro atoms. The normalized spacial score (nSPS) is 11.9. The maximum atomic E-state index is 12.5. The van der Waals surface area contributed by atoms with E-state index in [2.05, 4.69) is 10.4 Å². The van der Waals surface area contributed by atoms with Crippen molar-refractivity contribution in [2.75, 3.05) is 7.05 Å². The molecule has 1 heterocycles. The molecule has 1 amide bonds. The monoisotopic (exact) mass is 428 g/mol. The Morgan fingerprint density at radius 3 is 2.47 bits per heavy atom. The van der Waals surface area contributed by atoms with Crippen LogP contribution in [0.5, 0.6) is 0 Å². The van der Waals surface area contributed by atoms with Crippen LogP contribution in [0.4, 0.5) is 0 Å². The largest absolute Gasteiger partial charge is 0.350 e. The van der Waals surface area contributed by atoms with E-state index in [1.54, 1.807) is 50.4 Å². The molecule has 0 saturated heterocycles. The van der Waals surface area contributed by atoms with Gasteiger partial charge in [-0.3, -0.25) is 9.59 Å². The Balaban J connectivity index is 1.64. The highest BCUT2D eigenvalue weighted by atomic mass is 32.2. The molecule has 0 atom stereocenters. The van der Waals surface area contributed by atoms with E-state index in [9.17, 15) is 18.0 Å². The summed E-state index contributed by atoms with van der Waals surface area (Å²) < 4.78 is 27.4. The van der Waals surface area contributed by atoms with Crippen molar-refractivity contribution >= 4 is 26.7 Å². The first-order valence-electron chi connectivity index (χ1n) is 9.48. The van der Waals surface area contributed by atoms with Gasteiger partial charge in [0.05, 0.1) is 16.5 Å². The van der Waals surface area contributed by atoms with Gasteiger partial charge in [-0.1, -0.05) is 30.3 Å². The summed E-state index contributed by atoms with van der Waals surface area (Å²) >= 11 is 0. The van der Waals surface area contributed by atoms with Gasteiger partial charge in [0.25, 0.3) is 5.56 Å². The van der Waals surface area contributed by atoms with Crippen molar-refractivity contribution < 1.29 is 13.2 Å². The number of rotatable bonds is 7. The number of carbonyl (C=O) groups is 1. The molecule has 0 aliphatic heterocycles. The Morgan fingerprint density at radius 1 is 1.13 bits per heavy atom. The van der Waals surface area contributed by atoms with Crippen LogP contribution < -0.4 is 10.9 Å². The fourth-order valence-corrected chi connectivity index (χ4v) is 4.22. The molecular formula is C21H24N4O4S. The lowest BCUT2D eigenvalue weighted by atomic mass is 10.2. The lowest BCUT2D eigenvalue weighted by Crippen LogP contribution is -2.33.